The summed E-state index contributed by atoms with van der Waals surface area (Å²) in [5.41, 5.74) is -1.16. The van der Waals surface area contributed by atoms with E-state index in [1.54, 1.807) is 20.8 Å². The van der Waals surface area contributed by atoms with E-state index in [-0.39, 0.29) is 35.8 Å². The molecular formula is C18H32N2O5. The van der Waals surface area contributed by atoms with Crippen LogP contribution >= 0.6 is 0 Å². The second-order valence-electron chi connectivity index (χ2n) is 8.65. The Labute approximate surface area is 149 Å². The van der Waals surface area contributed by atoms with E-state index in [1.165, 1.54) is 6.42 Å². The molecule has 0 aromatic carbocycles. The van der Waals surface area contributed by atoms with Gasteiger partial charge in [0, 0.05) is 28.9 Å². The number of alkyl carbamates (subject to hydrolysis) is 1. The number of nitrogens with zero attached hydrogens (tertiary/aromatic N) is 1. The standard InChI is InChI=1S/C18H32N2O5/c1-17(2,3)25-16(22)19-18(9-10-18)15(12-21)14(11-20(23)24)13-7-5-4-6-8-13/h13-15,21H,4-12H2,1-3H3,(H,19,22)/t14-,15+/m0/s1. The number of amides is 1. The fourth-order valence-electron chi connectivity index (χ4n) is 4.29. The Hall–Kier alpha value is -1.37. The first-order valence-electron chi connectivity index (χ1n) is 9.41. The lowest BCUT2D eigenvalue weighted by Crippen LogP contribution is -2.51. The first-order chi connectivity index (χ1) is 11.7. The Morgan fingerprint density at radius 1 is 1.32 bits per heavy atom. The number of nitro groups is 1. The molecule has 2 saturated carbocycles. The predicted octanol–water partition coefficient (Wildman–Crippen LogP) is 3.13. The minimum absolute atomic E-state index is 0.145. The zero-order valence-electron chi connectivity index (χ0n) is 15.6. The summed E-state index contributed by atoms with van der Waals surface area (Å²) in [5, 5.41) is 24.2. The molecule has 0 radical (unpaired) electrons. The van der Waals surface area contributed by atoms with Gasteiger partial charge in [0.2, 0.25) is 6.54 Å². The Balaban J connectivity index is 2.12. The average molecular weight is 356 g/mol. The summed E-state index contributed by atoms with van der Waals surface area (Å²) in [5.74, 6) is -0.263. The number of aliphatic hydroxyl groups is 1. The SMILES string of the molecule is CC(C)(C)OC(=O)NC1([C@H](CO)[C@@H](C[N+](=O)[O-])C2CCCCC2)CC1. The van der Waals surface area contributed by atoms with E-state index in [0.717, 1.165) is 38.5 Å². The molecule has 0 aromatic heterocycles. The van der Waals surface area contributed by atoms with Crippen LogP contribution in [0.5, 0.6) is 0 Å². The number of hydrogen-bond donors (Lipinski definition) is 2. The number of rotatable bonds is 7. The Morgan fingerprint density at radius 2 is 1.92 bits per heavy atom. The van der Waals surface area contributed by atoms with Crippen LogP contribution in [0, 0.1) is 27.9 Å². The van der Waals surface area contributed by atoms with E-state index < -0.39 is 17.2 Å². The summed E-state index contributed by atoms with van der Waals surface area (Å²) in [6.45, 7) is 5.10. The lowest BCUT2D eigenvalue weighted by molar-refractivity contribution is -0.492. The van der Waals surface area contributed by atoms with Gasteiger partial charge in [-0.05, 0) is 52.4 Å². The van der Waals surface area contributed by atoms with Crippen LogP contribution in [0.25, 0.3) is 0 Å². The van der Waals surface area contributed by atoms with Crippen molar-refractivity contribution in [2.24, 2.45) is 17.8 Å². The lowest BCUT2D eigenvalue weighted by atomic mass is 9.71. The van der Waals surface area contributed by atoms with E-state index in [9.17, 15) is 20.0 Å². The number of nitrogens with one attached hydrogen (secondary N) is 1. The molecule has 2 atom stereocenters. The average Bonchev–Trinajstić information content (AvgIpc) is 3.25. The van der Waals surface area contributed by atoms with Gasteiger partial charge in [-0.25, -0.2) is 4.79 Å². The third-order valence-corrected chi connectivity index (χ3v) is 5.58. The molecule has 1 amide bonds. The van der Waals surface area contributed by atoms with Gasteiger partial charge in [-0.15, -0.1) is 0 Å². The molecule has 7 heteroatoms. The van der Waals surface area contributed by atoms with Gasteiger partial charge in [-0.1, -0.05) is 19.3 Å². The molecule has 2 rings (SSSR count). The lowest BCUT2D eigenvalue weighted by Gasteiger charge is -2.37. The maximum Gasteiger partial charge on any atom is 0.408 e. The molecule has 2 aliphatic rings. The number of carbonyl (C=O) groups is 1. The number of carbonyl (C=O) groups excluding carboxylic acids is 1. The van der Waals surface area contributed by atoms with Gasteiger partial charge in [-0.2, -0.15) is 0 Å². The van der Waals surface area contributed by atoms with E-state index >= 15 is 0 Å². The summed E-state index contributed by atoms with van der Waals surface area (Å²) >= 11 is 0. The molecule has 0 saturated heterocycles. The molecule has 0 aromatic rings. The molecule has 0 spiro atoms. The molecule has 0 unspecified atom stereocenters. The van der Waals surface area contributed by atoms with Crippen LogP contribution in [-0.4, -0.2) is 40.4 Å². The predicted molar refractivity (Wildman–Crippen MR) is 93.8 cm³/mol. The Kier molecular flexibility index (Phi) is 6.30. The molecule has 0 heterocycles. The largest absolute Gasteiger partial charge is 0.444 e. The van der Waals surface area contributed by atoms with Gasteiger partial charge in [0.05, 0.1) is 0 Å². The van der Waals surface area contributed by atoms with Crippen LogP contribution in [0.1, 0.15) is 65.7 Å². The van der Waals surface area contributed by atoms with Crippen molar-refractivity contribution in [3.8, 4) is 0 Å². The van der Waals surface area contributed by atoms with Crippen molar-refractivity contribution in [3.63, 3.8) is 0 Å². The van der Waals surface area contributed by atoms with Gasteiger partial charge in [-0.3, -0.25) is 10.1 Å². The third kappa shape index (κ3) is 5.56. The minimum atomic E-state index is -0.599. The summed E-state index contributed by atoms with van der Waals surface area (Å²) in [4.78, 5) is 23.2. The third-order valence-electron chi connectivity index (χ3n) is 5.58. The molecular weight excluding hydrogens is 324 g/mol. The topological polar surface area (TPSA) is 102 Å². The maximum atomic E-state index is 12.2. The molecule has 144 valence electrons. The van der Waals surface area contributed by atoms with Crippen LogP contribution in [0.15, 0.2) is 0 Å². The van der Waals surface area contributed by atoms with Gasteiger partial charge >= 0.3 is 6.09 Å². The highest BCUT2D eigenvalue weighted by atomic mass is 16.6. The monoisotopic (exact) mass is 356 g/mol. The fourth-order valence-corrected chi connectivity index (χ4v) is 4.29. The van der Waals surface area contributed by atoms with Crippen LogP contribution in [0.4, 0.5) is 4.79 Å². The summed E-state index contributed by atoms with van der Waals surface area (Å²) < 4.78 is 5.35. The molecule has 0 bridgehead atoms. The van der Waals surface area contributed by atoms with Crippen molar-refractivity contribution >= 4 is 6.09 Å². The van der Waals surface area contributed by atoms with Gasteiger partial charge < -0.3 is 15.2 Å². The summed E-state index contributed by atoms with van der Waals surface area (Å²) in [6.07, 6.45) is 6.25. The fraction of sp³-hybridized carbons (Fsp3) is 0.944. The van der Waals surface area contributed by atoms with Crippen LogP contribution in [0.2, 0.25) is 0 Å². The molecule has 2 fully saturated rings. The number of aliphatic hydroxyl groups excluding tert-OH is 1. The second-order valence-corrected chi connectivity index (χ2v) is 8.65. The van der Waals surface area contributed by atoms with Gasteiger partial charge in [0.15, 0.2) is 0 Å². The van der Waals surface area contributed by atoms with Crippen molar-refractivity contribution in [2.75, 3.05) is 13.2 Å². The summed E-state index contributed by atoms with van der Waals surface area (Å²) in [6, 6.07) is 0. The highest BCUT2D eigenvalue weighted by molar-refractivity contribution is 5.69. The van der Waals surface area contributed by atoms with Gasteiger partial charge in [0.1, 0.15) is 5.60 Å². The number of ether oxygens (including phenoxy) is 1. The van der Waals surface area contributed by atoms with E-state index in [2.05, 4.69) is 5.32 Å². The second kappa shape index (κ2) is 7.89. The minimum Gasteiger partial charge on any atom is -0.444 e. The quantitative estimate of drug-likeness (QED) is 0.539. The van der Waals surface area contributed by atoms with Crippen LogP contribution in [-0.2, 0) is 4.74 Å². The molecule has 7 nitrogen and oxygen atoms in total. The van der Waals surface area contributed by atoms with E-state index in [1.807, 2.05) is 0 Å². The first kappa shape index (κ1) is 19.9. The number of hydrogen-bond acceptors (Lipinski definition) is 5. The smallest absolute Gasteiger partial charge is 0.408 e. The molecule has 2 N–H and O–H groups in total. The Morgan fingerprint density at radius 3 is 2.36 bits per heavy atom. The zero-order valence-corrected chi connectivity index (χ0v) is 15.6. The maximum absolute atomic E-state index is 12.2. The zero-order chi connectivity index (χ0) is 18.7. The van der Waals surface area contributed by atoms with Crippen molar-refractivity contribution in [3.05, 3.63) is 10.1 Å². The van der Waals surface area contributed by atoms with E-state index in [0.29, 0.717) is 0 Å². The normalized spacial score (nSPS) is 22.7. The van der Waals surface area contributed by atoms with Gasteiger partial charge in [0.25, 0.3) is 0 Å². The van der Waals surface area contributed by atoms with Crippen molar-refractivity contribution in [1.29, 1.82) is 0 Å². The summed E-state index contributed by atoms with van der Waals surface area (Å²) in [7, 11) is 0. The highest BCUT2D eigenvalue weighted by Crippen LogP contribution is 2.49. The highest BCUT2D eigenvalue weighted by Gasteiger charge is 2.55. The molecule has 25 heavy (non-hydrogen) atoms. The van der Waals surface area contributed by atoms with Crippen molar-refractivity contribution < 1.29 is 19.6 Å². The first-order valence-corrected chi connectivity index (χ1v) is 9.41. The van der Waals surface area contributed by atoms with Crippen LogP contribution in [0.3, 0.4) is 0 Å². The molecule has 0 aliphatic heterocycles. The van der Waals surface area contributed by atoms with Crippen molar-refractivity contribution in [2.45, 2.75) is 76.9 Å². The van der Waals surface area contributed by atoms with Crippen molar-refractivity contribution in [1.82, 2.24) is 5.32 Å². The Bertz CT molecular complexity index is 478. The van der Waals surface area contributed by atoms with E-state index in [4.69, 9.17) is 4.74 Å². The van der Waals surface area contributed by atoms with Crippen LogP contribution < -0.4 is 5.32 Å². The molecule has 2 aliphatic carbocycles.